The summed E-state index contributed by atoms with van der Waals surface area (Å²) in [7, 11) is 0. The van der Waals surface area contributed by atoms with Crippen molar-refractivity contribution < 1.29 is 13.5 Å². The van der Waals surface area contributed by atoms with Gasteiger partial charge in [0.05, 0.1) is 0 Å². The zero-order chi connectivity index (χ0) is 12.3. The van der Waals surface area contributed by atoms with E-state index in [1.165, 1.54) is 42.1 Å². The first-order valence-electron chi connectivity index (χ1n) is 4.96. The first-order chi connectivity index (χ1) is 8.19. The predicted octanol–water partition coefficient (Wildman–Crippen LogP) is 4.48. The van der Waals surface area contributed by atoms with Crippen molar-refractivity contribution in [1.29, 1.82) is 0 Å². The highest BCUT2D eigenvalue weighted by atomic mass is 32.2. The highest BCUT2D eigenvalue weighted by molar-refractivity contribution is 7.98. The van der Waals surface area contributed by atoms with Crippen LogP contribution in [-0.2, 0) is 0 Å². The van der Waals surface area contributed by atoms with E-state index in [1.807, 2.05) is 0 Å². The quantitative estimate of drug-likeness (QED) is 0.745. The predicted molar refractivity (Wildman–Crippen MR) is 64.7 cm³/mol. The third-order valence-electron chi connectivity index (χ3n) is 2.17. The lowest BCUT2D eigenvalue weighted by Gasteiger charge is -2.07. The SMILES string of the molecule is CSc1cc(Oc2ccc(F)cc2)ccc1F. The largest absolute Gasteiger partial charge is 0.457 e. The van der Waals surface area contributed by atoms with Crippen LogP contribution in [0.25, 0.3) is 0 Å². The molecule has 0 saturated carbocycles. The lowest BCUT2D eigenvalue weighted by atomic mass is 10.3. The van der Waals surface area contributed by atoms with Crippen LogP contribution >= 0.6 is 11.8 Å². The molecule has 0 radical (unpaired) electrons. The molecule has 0 aliphatic heterocycles. The van der Waals surface area contributed by atoms with E-state index in [0.717, 1.165) is 0 Å². The fourth-order valence-electron chi connectivity index (χ4n) is 1.34. The van der Waals surface area contributed by atoms with E-state index >= 15 is 0 Å². The Morgan fingerprint density at radius 1 is 0.941 bits per heavy atom. The zero-order valence-electron chi connectivity index (χ0n) is 9.11. The first kappa shape index (κ1) is 11.9. The minimum Gasteiger partial charge on any atom is -0.457 e. The lowest BCUT2D eigenvalue weighted by Crippen LogP contribution is -1.87. The Hall–Kier alpha value is -1.55. The van der Waals surface area contributed by atoms with Gasteiger partial charge in [0.15, 0.2) is 0 Å². The molecule has 0 N–H and O–H groups in total. The van der Waals surface area contributed by atoms with Crippen molar-refractivity contribution >= 4 is 11.8 Å². The van der Waals surface area contributed by atoms with Crippen LogP contribution in [0.4, 0.5) is 8.78 Å². The molecule has 0 fully saturated rings. The van der Waals surface area contributed by atoms with Crippen molar-refractivity contribution in [2.75, 3.05) is 6.26 Å². The lowest BCUT2D eigenvalue weighted by molar-refractivity contribution is 0.475. The molecule has 0 bridgehead atoms. The number of ether oxygens (including phenoxy) is 1. The van der Waals surface area contributed by atoms with Crippen molar-refractivity contribution in [3.63, 3.8) is 0 Å². The van der Waals surface area contributed by atoms with Gasteiger partial charge in [0.25, 0.3) is 0 Å². The summed E-state index contributed by atoms with van der Waals surface area (Å²) in [6, 6.07) is 10.2. The molecule has 17 heavy (non-hydrogen) atoms. The number of thioether (sulfide) groups is 1. The Morgan fingerprint density at radius 2 is 1.59 bits per heavy atom. The molecule has 2 aromatic carbocycles. The van der Waals surface area contributed by atoms with Crippen molar-refractivity contribution in [2.24, 2.45) is 0 Å². The summed E-state index contributed by atoms with van der Waals surface area (Å²) < 4.78 is 31.4. The smallest absolute Gasteiger partial charge is 0.137 e. The van der Waals surface area contributed by atoms with E-state index < -0.39 is 0 Å². The number of halogens is 2. The van der Waals surface area contributed by atoms with Gasteiger partial charge in [0.2, 0.25) is 0 Å². The molecular weight excluding hydrogens is 242 g/mol. The van der Waals surface area contributed by atoms with E-state index in [0.29, 0.717) is 16.4 Å². The van der Waals surface area contributed by atoms with E-state index in [4.69, 9.17) is 4.74 Å². The molecule has 0 unspecified atom stereocenters. The van der Waals surface area contributed by atoms with Crippen LogP contribution < -0.4 is 4.74 Å². The Morgan fingerprint density at radius 3 is 2.24 bits per heavy atom. The van der Waals surface area contributed by atoms with Crippen LogP contribution in [-0.4, -0.2) is 6.26 Å². The third-order valence-corrected chi connectivity index (χ3v) is 2.92. The monoisotopic (exact) mass is 252 g/mol. The summed E-state index contributed by atoms with van der Waals surface area (Å²) in [5.74, 6) is 0.456. The van der Waals surface area contributed by atoms with E-state index in [1.54, 1.807) is 18.4 Å². The summed E-state index contributed by atoms with van der Waals surface area (Å²) in [6.07, 6.45) is 1.79. The van der Waals surface area contributed by atoms with Gasteiger partial charge in [-0.1, -0.05) is 0 Å². The second kappa shape index (κ2) is 5.19. The Kier molecular flexibility index (Phi) is 3.64. The number of rotatable bonds is 3. The molecule has 0 spiro atoms. The van der Waals surface area contributed by atoms with Crippen LogP contribution in [0.3, 0.4) is 0 Å². The molecule has 0 amide bonds. The average Bonchev–Trinajstić information content (AvgIpc) is 2.34. The van der Waals surface area contributed by atoms with Crippen molar-refractivity contribution in [1.82, 2.24) is 0 Å². The van der Waals surface area contributed by atoms with Crippen LogP contribution in [0, 0.1) is 11.6 Å². The topological polar surface area (TPSA) is 9.23 Å². The van der Waals surface area contributed by atoms with E-state index in [2.05, 4.69) is 0 Å². The standard InChI is InChI=1S/C13H10F2OS/c1-17-13-8-11(6-7-12(13)15)16-10-4-2-9(14)3-5-10/h2-8H,1H3. The Labute approximate surface area is 102 Å². The van der Waals surface area contributed by atoms with E-state index in [9.17, 15) is 8.78 Å². The second-order valence-corrected chi connectivity index (χ2v) is 4.20. The van der Waals surface area contributed by atoms with Crippen LogP contribution in [0.15, 0.2) is 47.4 Å². The third kappa shape index (κ3) is 2.97. The minimum atomic E-state index is -0.318. The molecule has 0 aliphatic rings. The van der Waals surface area contributed by atoms with Gasteiger partial charge in [-0.15, -0.1) is 11.8 Å². The molecule has 0 aliphatic carbocycles. The summed E-state index contributed by atoms with van der Waals surface area (Å²) >= 11 is 1.31. The van der Waals surface area contributed by atoms with Crippen LogP contribution in [0.1, 0.15) is 0 Å². The fraction of sp³-hybridized carbons (Fsp3) is 0.0769. The maximum atomic E-state index is 13.2. The summed E-state index contributed by atoms with van der Waals surface area (Å²) in [5.41, 5.74) is 0. The maximum absolute atomic E-state index is 13.2. The average molecular weight is 252 g/mol. The fourth-order valence-corrected chi connectivity index (χ4v) is 1.84. The summed E-state index contributed by atoms with van der Waals surface area (Å²) in [4.78, 5) is 0.518. The summed E-state index contributed by atoms with van der Waals surface area (Å²) in [6.45, 7) is 0. The normalized spacial score (nSPS) is 10.3. The first-order valence-corrected chi connectivity index (χ1v) is 6.18. The Bertz CT molecular complexity index is 511. The highest BCUT2D eigenvalue weighted by Gasteiger charge is 2.04. The van der Waals surface area contributed by atoms with Gasteiger partial charge < -0.3 is 4.74 Å². The molecular formula is C13H10F2OS. The van der Waals surface area contributed by atoms with Gasteiger partial charge in [-0.2, -0.15) is 0 Å². The van der Waals surface area contributed by atoms with Gasteiger partial charge in [0.1, 0.15) is 23.1 Å². The molecule has 0 aromatic heterocycles. The van der Waals surface area contributed by atoms with Gasteiger partial charge >= 0.3 is 0 Å². The maximum Gasteiger partial charge on any atom is 0.137 e. The minimum absolute atomic E-state index is 0.274. The van der Waals surface area contributed by atoms with Crippen LogP contribution in [0.2, 0.25) is 0 Å². The Balaban J connectivity index is 2.21. The van der Waals surface area contributed by atoms with Crippen molar-refractivity contribution in [2.45, 2.75) is 4.90 Å². The highest BCUT2D eigenvalue weighted by Crippen LogP contribution is 2.27. The zero-order valence-corrected chi connectivity index (χ0v) is 9.93. The molecule has 1 nitrogen and oxygen atoms in total. The van der Waals surface area contributed by atoms with Crippen LogP contribution in [0.5, 0.6) is 11.5 Å². The molecule has 88 valence electrons. The molecule has 0 heterocycles. The number of hydrogen-bond donors (Lipinski definition) is 0. The number of hydrogen-bond acceptors (Lipinski definition) is 2. The van der Waals surface area contributed by atoms with Crippen molar-refractivity contribution in [3.05, 3.63) is 54.1 Å². The number of benzene rings is 2. The molecule has 0 saturated heterocycles. The molecule has 2 rings (SSSR count). The van der Waals surface area contributed by atoms with Gasteiger partial charge in [-0.25, -0.2) is 8.78 Å². The van der Waals surface area contributed by atoms with Gasteiger partial charge in [0, 0.05) is 4.90 Å². The van der Waals surface area contributed by atoms with Gasteiger partial charge in [-0.3, -0.25) is 0 Å². The van der Waals surface area contributed by atoms with Gasteiger partial charge in [-0.05, 0) is 48.7 Å². The second-order valence-electron chi connectivity index (χ2n) is 3.35. The van der Waals surface area contributed by atoms with Crippen molar-refractivity contribution in [3.8, 4) is 11.5 Å². The summed E-state index contributed by atoms with van der Waals surface area (Å²) in [5, 5.41) is 0. The molecule has 4 heteroatoms. The van der Waals surface area contributed by atoms with E-state index in [-0.39, 0.29) is 11.6 Å². The molecule has 2 aromatic rings. The molecule has 0 atom stereocenters.